The highest BCUT2D eigenvalue weighted by Gasteiger charge is 2.16. The van der Waals surface area contributed by atoms with E-state index in [0.29, 0.717) is 23.3 Å². The number of rotatable bonds is 4. The Morgan fingerprint density at radius 3 is 2.80 bits per heavy atom. The summed E-state index contributed by atoms with van der Waals surface area (Å²) in [4.78, 5) is 19.7. The summed E-state index contributed by atoms with van der Waals surface area (Å²) in [6.45, 7) is 0. The topological polar surface area (TPSA) is 84.9 Å². The number of fused-ring (bicyclic) bond motifs is 3. The lowest BCUT2D eigenvalue weighted by molar-refractivity contribution is 0.607. The molecule has 0 amide bonds. The van der Waals surface area contributed by atoms with Crippen molar-refractivity contribution >= 4 is 38.0 Å². The Morgan fingerprint density at radius 1 is 1.20 bits per heavy atom. The van der Waals surface area contributed by atoms with Gasteiger partial charge in [0.1, 0.15) is 16.9 Å². The maximum absolute atomic E-state index is 12.4. The highest BCUT2D eigenvalue weighted by atomic mass is 79.9. The van der Waals surface area contributed by atoms with Crippen LogP contribution in [0.4, 0.5) is 0 Å². The molecule has 0 saturated heterocycles. The summed E-state index contributed by atoms with van der Waals surface area (Å²) in [6, 6.07) is 15.3. The van der Waals surface area contributed by atoms with Crippen molar-refractivity contribution in [3.63, 3.8) is 0 Å². The summed E-state index contributed by atoms with van der Waals surface area (Å²) in [5.41, 5.74) is 8.58. The summed E-state index contributed by atoms with van der Waals surface area (Å²) < 4.78 is 6.54. The van der Waals surface area contributed by atoms with Gasteiger partial charge in [-0.25, -0.2) is 4.98 Å². The van der Waals surface area contributed by atoms with Crippen molar-refractivity contribution in [3.05, 3.63) is 74.7 Å². The van der Waals surface area contributed by atoms with Crippen LogP contribution >= 0.6 is 15.9 Å². The van der Waals surface area contributed by atoms with E-state index in [1.165, 1.54) is 5.56 Å². The number of nitrogens with zero attached hydrogens (tertiary/aromatic N) is 1. The van der Waals surface area contributed by atoms with Crippen LogP contribution in [0.2, 0.25) is 0 Å². The Labute approximate surface area is 152 Å². The molecule has 4 rings (SSSR count). The van der Waals surface area contributed by atoms with Gasteiger partial charge in [0.05, 0.1) is 6.04 Å². The zero-order valence-electron chi connectivity index (χ0n) is 13.3. The van der Waals surface area contributed by atoms with Gasteiger partial charge in [-0.15, -0.1) is 0 Å². The highest BCUT2D eigenvalue weighted by Crippen LogP contribution is 2.28. The molecule has 0 radical (unpaired) electrons. The third kappa shape index (κ3) is 3.10. The van der Waals surface area contributed by atoms with Crippen molar-refractivity contribution in [1.82, 2.24) is 9.97 Å². The van der Waals surface area contributed by atoms with E-state index in [1.54, 1.807) is 0 Å². The fraction of sp³-hybridized carbons (Fsp3) is 0.158. The van der Waals surface area contributed by atoms with Gasteiger partial charge in [-0.05, 0) is 36.6 Å². The summed E-state index contributed by atoms with van der Waals surface area (Å²) in [5, 5.41) is 0.798. The van der Waals surface area contributed by atoms with E-state index in [-0.39, 0.29) is 17.2 Å². The van der Waals surface area contributed by atoms with Crippen molar-refractivity contribution in [2.75, 3.05) is 0 Å². The summed E-state index contributed by atoms with van der Waals surface area (Å²) in [5.74, 6) is 0.483. The van der Waals surface area contributed by atoms with Crippen LogP contribution in [0.25, 0.3) is 22.1 Å². The molecule has 2 aromatic heterocycles. The fourth-order valence-corrected chi connectivity index (χ4v) is 3.28. The molecule has 6 heteroatoms. The second kappa shape index (κ2) is 6.46. The lowest BCUT2D eigenvalue weighted by Crippen LogP contribution is -2.20. The maximum atomic E-state index is 12.4. The van der Waals surface area contributed by atoms with Crippen LogP contribution in [0.1, 0.15) is 23.9 Å². The lowest BCUT2D eigenvalue weighted by Gasteiger charge is -2.10. The Hall–Kier alpha value is -2.44. The smallest absolute Gasteiger partial charge is 0.294 e. The third-order valence-electron chi connectivity index (χ3n) is 4.24. The molecular weight excluding hydrogens is 382 g/mol. The van der Waals surface area contributed by atoms with Gasteiger partial charge in [-0.2, -0.15) is 0 Å². The number of nitrogens with one attached hydrogen (secondary N) is 1. The predicted octanol–water partition coefficient (Wildman–Crippen LogP) is 4.06. The number of H-pyrrole nitrogens is 1. The van der Waals surface area contributed by atoms with Crippen LogP contribution in [0, 0.1) is 0 Å². The normalized spacial score (nSPS) is 12.7. The van der Waals surface area contributed by atoms with Crippen molar-refractivity contribution in [2.24, 2.45) is 5.73 Å². The van der Waals surface area contributed by atoms with Crippen LogP contribution in [0.5, 0.6) is 0 Å². The molecule has 0 saturated carbocycles. The average molecular weight is 398 g/mol. The lowest BCUT2D eigenvalue weighted by atomic mass is 10.1. The van der Waals surface area contributed by atoms with E-state index in [0.717, 1.165) is 16.3 Å². The molecule has 5 nitrogen and oxygen atoms in total. The molecule has 0 spiro atoms. The molecule has 0 aliphatic carbocycles. The molecule has 1 atom stereocenters. The zero-order chi connectivity index (χ0) is 17.4. The highest BCUT2D eigenvalue weighted by molar-refractivity contribution is 9.10. The minimum absolute atomic E-state index is 0.229. The molecule has 4 aromatic rings. The molecule has 3 N–H and O–H groups in total. The molecule has 0 bridgehead atoms. The van der Waals surface area contributed by atoms with Gasteiger partial charge in [0, 0.05) is 9.86 Å². The molecule has 0 aliphatic rings. The zero-order valence-corrected chi connectivity index (χ0v) is 14.9. The maximum Gasteiger partial charge on any atom is 0.294 e. The van der Waals surface area contributed by atoms with Crippen LogP contribution in [0.3, 0.4) is 0 Å². The summed E-state index contributed by atoms with van der Waals surface area (Å²) in [6.07, 6.45) is 1.51. The monoisotopic (exact) mass is 397 g/mol. The minimum Gasteiger partial charge on any atom is -0.449 e. The van der Waals surface area contributed by atoms with Gasteiger partial charge >= 0.3 is 0 Å². The van der Waals surface area contributed by atoms with Gasteiger partial charge < -0.3 is 15.1 Å². The average Bonchev–Trinajstić information content (AvgIpc) is 2.99. The van der Waals surface area contributed by atoms with Crippen LogP contribution in [0.15, 0.2) is 62.2 Å². The third-order valence-corrected chi connectivity index (χ3v) is 4.74. The first kappa shape index (κ1) is 16.1. The van der Waals surface area contributed by atoms with Gasteiger partial charge in [0.25, 0.3) is 5.56 Å². The molecule has 2 heterocycles. The number of aryl methyl sites for hydroxylation is 1. The molecule has 25 heavy (non-hydrogen) atoms. The molecule has 2 aromatic carbocycles. The van der Waals surface area contributed by atoms with E-state index >= 15 is 0 Å². The second-order valence-electron chi connectivity index (χ2n) is 6.00. The molecule has 0 unspecified atom stereocenters. The molecular formula is C19H16BrN3O2. The van der Waals surface area contributed by atoms with E-state index in [9.17, 15) is 4.79 Å². The number of hydrogen-bond acceptors (Lipinski definition) is 4. The second-order valence-corrected chi connectivity index (χ2v) is 6.92. The summed E-state index contributed by atoms with van der Waals surface area (Å²) >= 11 is 3.44. The predicted molar refractivity (Wildman–Crippen MR) is 102 cm³/mol. The van der Waals surface area contributed by atoms with Crippen molar-refractivity contribution in [3.8, 4) is 0 Å². The van der Waals surface area contributed by atoms with E-state index in [1.807, 2.05) is 36.4 Å². The largest absolute Gasteiger partial charge is 0.449 e. The number of benzene rings is 2. The van der Waals surface area contributed by atoms with Gasteiger partial charge in [-0.1, -0.05) is 46.3 Å². The molecule has 0 aliphatic heterocycles. The minimum atomic E-state index is -0.352. The number of furan rings is 1. The number of halogens is 1. The quantitative estimate of drug-likeness (QED) is 0.543. The first-order valence-electron chi connectivity index (χ1n) is 8.03. The SMILES string of the molecule is N[C@H](CCc1ccccc1)c1nc2c(oc3ccc(Br)cc32)c(=O)[nH]1. The van der Waals surface area contributed by atoms with Crippen LogP contribution in [-0.2, 0) is 6.42 Å². The van der Waals surface area contributed by atoms with Crippen LogP contribution < -0.4 is 11.3 Å². The Kier molecular flexibility index (Phi) is 4.15. The van der Waals surface area contributed by atoms with Gasteiger partial charge in [0.15, 0.2) is 0 Å². The number of hydrogen-bond donors (Lipinski definition) is 2. The van der Waals surface area contributed by atoms with Crippen molar-refractivity contribution in [1.29, 1.82) is 0 Å². The van der Waals surface area contributed by atoms with Crippen LogP contribution in [-0.4, -0.2) is 9.97 Å². The van der Waals surface area contributed by atoms with Crippen molar-refractivity contribution < 1.29 is 4.42 Å². The van der Waals surface area contributed by atoms with E-state index in [4.69, 9.17) is 10.2 Å². The van der Waals surface area contributed by atoms with Gasteiger partial charge in [0.2, 0.25) is 5.58 Å². The fourth-order valence-electron chi connectivity index (χ4n) is 2.92. The van der Waals surface area contributed by atoms with E-state index in [2.05, 4.69) is 38.0 Å². The number of aromatic amines is 1. The number of aromatic nitrogens is 2. The first-order valence-corrected chi connectivity index (χ1v) is 8.82. The standard InChI is InChI=1S/C19H16BrN3O2/c20-12-7-9-15-13(10-12)16-17(25-15)19(24)23-18(22-16)14(21)8-6-11-4-2-1-3-5-11/h1-5,7,9-10,14H,6,8,21H2,(H,22,23,24)/t14-/m1/s1. The van der Waals surface area contributed by atoms with Crippen molar-refractivity contribution in [2.45, 2.75) is 18.9 Å². The Morgan fingerprint density at radius 2 is 2.00 bits per heavy atom. The van der Waals surface area contributed by atoms with E-state index < -0.39 is 0 Å². The van der Waals surface area contributed by atoms with Gasteiger partial charge in [-0.3, -0.25) is 4.79 Å². The summed E-state index contributed by atoms with van der Waals surface area (Å²) in [7, 11) is 0. The Balaban J connectivity index is 1.70. The molecule has 126 valence electrons. The Bertz CT molecular complexity index is 1100. The molecule has 0 fully saturated rings. The number of nitrogens with two attached hydrogens (primary N) is 1. The first-order chi connectivity index (χ1) is 12.1.